The molecule has 0 aromatic heterocycles. The molecule has 4 rings (SSSR count). The molecule has 0 spiro atoms. The van der Waals surface area contributed by atoms with Crippen molar-refractivity contribution in [2.45, 2.75) is 57.0 Å². The lowest BCUT2D eigenvalue weighted by Crippen LogP contribution is -2.51. The molecular weight excluding hydrogens is 456 g/mol. The van der Waals surface area contributed by atoms with Crippen LogP contribution in [0.1, 0.15) is 72.5 Å². The van der Waals surface area contributed by atoms with E-state index < -0.39 is 5.92 Å². The monoisotopic (exact) mass is 488 g/mol. The van der Waals surface area contributed by atoms with Gasteiger partial charge in [-0.15, -0.1) is 0 Å². The normalized spacial score (nSPS) is 20.8. The van der Waals surface area contributed by atoms with Crippen molar-refractivity contribution in [2.75, 3.05) is 6.54 Å². The van der Waals surface area contributed by atoms with E-state index in [0.29, 0.717) is 23.6 Å². The van der Waals surface area contributed by atoms with Crippen LogP contribution in [0.4, 0.5) is 0 Å². The standard InChI is InChI=1S/C30H33ClN2O2/c1-3-9-21(10-4-2)19-20-32-29(34)27-25-13-7-8-14-26(25)30(35)33(24-11-5-6-12-24)28(27)22-15-17-23(31)18-16-22/h3-4,7-10,13-18,24,27-28H,1,5-6,11-12,19-20H2,2H3,(H,32,34)/b10-4-,21-9+/t27-,28+/m1/s1. The SMILES string of the molecule is C=C/C=C(\C=C/C)CCNC(=O)[C@@H]1c2ccccc2C(=O)N(C2CCCC2)[C@H]1c1ccc(Cl)cc1. The van der Waals surface area contributed by atoms with Crippen LogP contribution >= 0.6 is 11.6 Å². The van der Waals surface area contributed by atoms with E-state index in [1.807, 2.05) is 78.6 Å². The van der Waals surface area contributed by atoms with Gasteiger partial charge in [0.2, 0.25) is 5.91 Å². The maximum atomic E-state index is 13.8. The molecule has 2 aromatic carbocycles. The summed E-state index contributed by atoms with van der Waals surface area (Å²) < 4.78 is 0. The smallest absolute Gasteiger partial charge is 0.254 e. The zero-order valence-electron chi connectivity index (χ0n) is 20.3. The van der Waals surface area contributed by atoms with Crippen molar-refractivity contribution >= 4 is 23.4 Å². The van der Waals surface area contributed by atoms with Crippen molar-refractivity contribution in [1.82, 2.24) is 10.2 Å². The van der Waals surface area contributed by atoms with Gasteiger partial charge in [0, 0.05) is 23.2 Å². The zero-order valence-corrected chi connectivity index (χ0v) is 21.0. The summed E-state index contributed by atoms with van der Waals surface area (Å²) in [5.41, 5.74) is 3.46. The Kier molecular flexibility index (Phi) is 8.25. The third-order valence-electron chi connectivity index (χ3n) is 7.01. The summed E-state index contributed by atoms with van der Waals surface area (Å²) in [5, 5.41) is 3.80. The van der Waals surface area contributed by atoms with Crippen LogP contribution in [0.5, 0.6) is 0 Å². The van der Waals surface area contributed by atoms with Gasteiger partial charge in [0.05, 0.1) is 12.0 Å². The number of nitrogens with zero attached hydrogens (tertiary/aromatic N) is 1. The minimum atomic E-state index is -0.501. The van der Waals surface area contributed by atoms with Gasteiger partial charge in [0.25, 0.3) is 5.91 Å². The van der Waals surface area contributed by atoms with Crippen molar-refractivity contribution < 1.29 is 9.59 Å². The number of allylic oxidation sites excluding steroid dienone is 4. The zero-order chi connectivity index (χ0) is 24.8. The largest absolute Gasteiger partial charge is 0.355 e. The predicted octanol–water partition coefficient (Wildman–Crippen LogP) is 6.76. The molecule has 1 aliphatic carbocycles. The minimum absolute atomic E-state index is 0.0146. The van der Waals surface area contributed by atoms with Crippen LogP contribution in [0.3, 0.4) is 0 Å². The molecule has 4 nitrogen and oxygen atoms in total. The van der Waals surface area contributed by atoms with Crippen LogP contribution in [-0.4, -0.2) is 29.3 Å². The lowest BCUT2D eigenvalue weighted by Gasteiger charge is -2.45. The highest BCUT2D eigenvalue weighted by Crippen LogP contribution is 2.46. The maximum absolute atomic E-state index is 13.8. The van der Waals surface area contributed by atoms with Crippen molar-refractivity contribution in [3.05, 3.63) is 107 Å². The summed E-state index contributed by atoms with van der Waals surface area (Å²) in [6, 6.07) is 14.9. The molecule has 0 radical (unpaired) electrons. The lowest BCUT2D eigenvalue weighted by atomic mass is 9.78. The third kappa shape index (κ3) is 5.43. The number of hydrogen-bond donors (Lipinski definition) is 1. The Labute approximate surface area is 213 Å². The Morgan fingerprint density at radius 2 is 1.86 bits per heavy atom. The van der Waals surface area contributed by atoms with Gasteiger partial charge in [-0.1, -0.05) is 85.7 Å². The van der Waals surface area contributed by atoms with Crippen LogP contribution in [-0.2, 0) is 4.79 Å². The fourth-order valence-corrected chi connectivity index (χ4v) is 5.59. The molecule has 2 amide bonds. The lowest BCUT2D eigenvalue weighted by molar-refractivity contribution is -0.124. The summed E-state index contributed by atoms with van der Waals surface area (Å²) in [6.07, 6.45) is 12.6. The van der Waals surface area contributed by atoms with Gasteiger partial charge in [-0.05, 0) is 61.1 Å². The molecule has 1 heterocycles. The summed E-state index contributed by atoms with van der Waals surface area (Å²) >= 11 is 6.19. The Hall–Kier alpha value is -3.11. The first-order chi connectivity index (χ1) is 17.0. The van der Waals surface area contributed by atoms with Crippen LogP contribution in [0, 0.1) is 0 Å². The van der Waals surface area contributed by atoms with Gasteiger partial charge in [-0.2, -0.15) is 0 Å². The van der Waals surface area contributed by atoms with Gasteiger partial charge < -0.3 is 10.2 Å². The van der Waals surface area contributed by atoms with Crippen LogP contribution in [0.25, 0.3) is 0 Å². The van der Waals surface area contributed by atoms with E-state index in [2.05, 4.69) is 11.9 Å². The van der Waals surface area contributed by atoms with Gasteiger partial charge in [-0.3, -0.25) is 9.59 Å². The van der Waals surface area contributed by atoms with E-state index in [1.165, 1.54) is 0 Å². The second kappa shape index (κ2) is 11.5. The molecule has 35 heavy (non-hydrogen) atoms. The average molecular weight is 489 g/mol. The van der Waals surface area contributed by atoms with Crippen molar-refractivity contribution in [3.8, 4) is 0 Å². The number of benzene rings is 2. The number of carbonyl (C=O) groups is 2. The van der Waals surface area contributed by atoms with Crippen molar-refractivity contribution in [2.24, 2.45) is 0 Å². The van der Waals surface area contributed by atoms with Crippen LogP contribution in [0.15, 0.2) is 85.0 Å². The molecule has 1 fully saturated rings. The molecule has 1 saturated carbocycles. The van der Waals surface area contributed by atoms with E-state index >= 15 is 0 Å². The number of carbonyl (C=O) groups excluding carboxylic acids is 2. The fraction of sp³-hybridized carbons (Fsp3) is 0.333. The second-order valence-electron chi connectivity index (χ2n) is 9.23. The highest BCUT2D eigenvalue weighted by atomic mass is 35.5. The van der Waals surface area contributed by atoms with Gasteiger partial charge in [0.1, 0.15) is 0 Å². The second-order valence-corrected chi connectivity index (χ2v) is 9.67. The molecule has 182 valence electrons. The van der Waals surface area contributed by atoms with Crippen LogP contribution in [0.2, 0.25) is 5.02 Å². The van der Waals surface area contributed by atoms with E-state index in [-0.39, 0.29) is 23.9 Å². The van der Waals surface area contributed by atoms with Gasteiger partial charge >= 0.3 is 0 Å². The first kappa shape index (κ1) is 25.0. The number of amides is 2. The Balaban J connectivity index is 1.72. The van der Waals surface area contributed by atoms with E-state index in [1.54, 1.807) is 6.08 Å². The van der Waals surface area contributed by atoms with E-state index in [9.17, 15) is 9.59 Å². The van der Waals surface area contributed by atoms with Gasteiger partial charge in [0.15, 0.2) is 0 Å². The number of nitrogens with one attached hydrogen (secondary N) is 1. The number of hydrogen-bond acceptors (Lipinski definition) is 2. The third-order valence-corrected chi connectivity index (χ3v) is 7.27. The van der Waals surface area contributed by atoms with E-state index in [0.717, 1.165) is 42.4 Å². The molecular formula is C30H33ClN2O2. The van der Waals surface area contributed by atoms with Crippen molar-refractivity contribution in [3.63, 3.8) is 0 Å². The highest BCUT2D eigenvalue weighted by molar-refractivity contribution is 6.30. The first-order valence-electron chi connectivity index (χ1n) is 12.4. The Morgan fingerprint density at radius 1 is 1.14 bits per heavy atom. The molecule has 1 aliphatic heterocycles. The predicted molar refractivity (Wildman–Crippen MR) is 143 cm³/mol. The molecule has 0 bridgehead atoms. The summed E-state index contributed by atoms with van der Waals surface area (Å²) in [6.45, 7) is 6.26. The number of rotatable bonds is 8. The molecule has 0 saturated heterocycles. The molecule has 5 heteroatoms. The molecule has 1 N–H and O–H groups in total. The summed E-state index contributed by atoms with van der Waals surface area (Å²) in [7, 11) is 0. The quantitative estimate of drug-likeness (QED) is 0.417. The van der Waals surface area contributed by atoms with Crippen LogP contribution < -0.4 is 5.32 Å². The summed E-state index contributed by atoms with van der Waals surface area (Å²) in [5.74, 6) is -0.550. The molecule has 2 aliphatic rings. The molecule has 2 atom stereocenters. The van der Waals surface area contributed by atoms with E-state index in [4.69, 9.17) is 11.6 Å². The van der Waals surface area contributed by atoms with Crippen molar-refractivity contribution in [1.29, 1.82) is 0 Å². The number of fused-ring (bicyclic) bond motifs is 1. The number of halogens is 1. The Bertz CT molecular complexity index is 1130. The first-order valence-corrected chi connectivity index (χ1v) is 12.8. The maximum Gasteiger partial charge on any atom is 0.254 e. The summed E-state index contributed by atoms with van der Waals surface area (Å²) in [4.78, 5) is 29.6. The molecule has 0 unspecified atom stereocenters. The Morgan fingerprint density at radius 3 is 2.54 bits per heavy atom. The highest BCUT2D eigenvalue weighted by Gasteiger charge is 2.46. The topological polar surface area (TPSA) is 49.4 Å². The fourth-order valence-electron chi connectivity index (χ4n) is 5.46. The van der Waals surface area contributed by atoms with Gasteiger partial charge in [-0.25, -0.2) is 0 Å². The minimum Gasteiger partial charge on any atom is -0.355 e. The molecule has 2 aromatic rings. The average Bonchev–Trinajstić information content (AvgIpc) is 3.39.